The van der Waals surface area contributed by atoms with E-state index in [1.165, 1.54) is 0 Å². The molecule has 0 bridgehead atoms. The third kappa shape index (κ3) is 6.05. The Bertz CT molecular complexity index is 768. The van der Waals surface area contributed by atoms with Gasteiger partial charge in [-0.3, -0.25) is 0 Å². The van der Waals surface area contributed by atoms with Gasteiger partial charge in [0.1, 0.15) is 11.5 Å². The van der Waals surface area contributed by atoms with Crippen LogP contribution in [0.4, 0.5) is 35.1 Å². The molecule has 27 heavy (non-hydrogen) atoms. The molecule has 1 aromatic carbocycles. The summed E-state index contributed by atoms with van der Waals surface area (Å²) in [6, 6.07) is 1.34. The Morgan fingerprint density at radius 1 is 0.889 bits per heavy atom. The Labute approximate surface area is 192 Å². The van der Waals surface area contributed by atoms with E-state index in [0.29, 0.717) is 18.2 Å². The summed E-state index contributed by atoms with van der Waals surface area (Å²) in [5.74, 6) is -1.80. The number of alkyl halides is 8. The molecule has 1 aromatic rings. The quantitative estimate of drug-likeness (QED) is 0.249. The molecule has 0 saturated heterocycles. The predicted octanol–water partition coefficient (Wildman–Crippen LogP) is 0.127. The van der Waals surface area contributed by atoms with E-state index in [4.69, 9.17) is 10.2 Å². The van der Waals surface area contributed by atoms with E-state index < -0.39 is 61.0 Å². The van der Waals surface area contributed by atoms with E-state index in [1.54, 1.807) is 0 Å². The number of phenols is 2. The van der Waals surface area contributed by atoms with E-state index in [-0.39, 0.29) is 51.4 Å². The molecule has 0 unspecified atom stereocenters. The normalized spacial score (nSPS) is 14.0. The van der Waals surface area contributed by atoms with Crippen molar-refractivity contribution in [1.29, 1.82) is 0 Å². The van der Waals surface area contributed by atoms with Crippen LogP contribution in [-0.2, 0) is 14.9 Å². The van der Waals surface area contributed by atoms with Crippen LogP contribution >= 0.6 is 11.8 Å². The molecule has 0 heterocycles. The van der Waals surface area contributed by atoms with E-state index in [9.17, 15) is 48.1 Å². The molecule has 0 radical (unpaired) electrons. The first-order chi connectivity index (χ1) is 11.3. The fourth-order valence-corrected chi connectivity index (χ4v) is 2.41. The third-order valence-corrected chi connectivity index (χ3v) is 4.20. The summed E-state index contributed by atoms with van der Waals surface area (Å²) in [5.41, 5.74) is 0. The van der Waals surface area contributed by atoms with E-state index >= 15 is 0 Å². The van der Waals surface area contributed by atoms with Gasteiger partial charge in [0.05, 0.1) is 0 Å². The monoisotopic (exact) mass is 476 g/mol. The number of thioether (sulfide) groups is 1. The minimum atomic E-state index is -7.26. The average Bonchev–Trinajstić information content (AvgIpc) is 2.33. The predicted molar refractivity (Wildman–Crippen MR) is 66.2 cm³/mol. The molecule has 0 fully saturated rings. The van der Waals surface area contributed by atoms with E-state index in [0.717, 1.165) is 0 Å². The van der Waals surface area contributed by atoms with Gasteiger partial charge >= 0.3 is 74.1 Å². The first kappa shape index (κ1) is 27.1. The Hall–Kier alpha value is 0.116. The molecule has 0 atom stereocenters. The van der Waals surface area contributed by atoms with Crippen LogP contribution in [-0.4, -0.2) is 45.9 Å². The summed E-state index contributed by atoms with van der Waals surface area (Å²) >= 11 is -1.29. The van der Waals surface area contributed by atoms with Gasteiger partial charge in [-0.15, -0.1) is 0 Å². The van der Waals surface area contributed by atoms with Gasteiger partial charge in [0.25, 0.3) is 0 Å². The van der Waals surface area contributed by atoms with Crippen molar-refractivity contribution in [1.82, 2.24) is 0 Å². The average molecular weight is 476 g/mol. The maximum atomic E-state index is 13.5. The summed E-state index contributed by atoms with van der Waals surface area (Å²) in [6.07, 6.45) is -13.2. The van der Waals surface area contributed by atoms with Gasteiger partial charge in [-0.1, -0.05) is 0 Å². The minimum Gasteiger partial charge on any atom is -0.743 e. The van der Waals surface area contributed by atoms with Crippen molar-refractivity contribution in [3.05, 3.63) is 18.2 Å². The number of rotatable bonds is 7. The Balaban J connectivity index is 0.00000676. The molecule has 0 aliphatic heterocycles. The maximum absolute atomic E-state index is 13.5. The summed E-state index contributed by atoms with van der Waals surface area (Å²) < 4.78 is 137. The van der Waals surface area contributed by atoms with Gasteiger partial charge in [-0.05, 0) is 23.9 Å². The Kier molecular flexibility index (Phi) is 8.50. The molecule has 6 nitrogen and oxygen atoms in total. The molecular formula is C10H5F8KO6S2. The zero-order chi connectivity index (χ0) is 20.8. The SMILES string of the molecule is O=S(=O)([O-])C(F)(F)C(F)(F)OC(F)(F)C(F)(F)Sc1cc(O)cc(O)c1.[K+]. The number of phenolic OH excluding ortho intramolecular Hbond substituents is 2. The first-order valence-electron chi connectivity index (χ1n) is 5.71. The van der Waals surface area contributed by atoms with Crippen molar-refractivity contribution >= 4 is 21.9 Å². The van der Waals surface area contributed by atoms with Crippen LogP contribution in [0.25, 0.3) is 0 Å². The largest absolute Gasteiger partial charge is 1.00 e. The number of hydrogen-bond acceptors (Lipinski definition) is 7. The second-order valence-corrected chi connectivity index (χ2v) is 7.02. The Morgan fingerprint density at radius 2 is 1.30 bits per heavy atom. The van der Waals surface area contributed by atoms with Gasteiger partial charge < -0.3 is 14.8 Å². The van der Waals surface area contributed by atoms with Crippen LogP contribution in [0, 0.1) is 0 Å². The molecule has 1 rings (SSSR count). The van der Waals surface area contributed by atoms with Crippen LogP contribution < -0.4 is 51.4 Å². The van der Waals surface area contributed by atoms with Gasteiger partial charge in [0, 0.05) is 11.0 Å². The van der Waals surface area contributed by atoms with Crippen LogP contribution in [0.1, 0.15) is 0 Å². The zero-order valence-electron chi connectivity index (χ0n) is 12.6. The molecule has 0 saturated carbocycles. The van der Waals surface area contributed by atoms with Gasteiger partial charge in [0.2, 0.25) is 0 Å². The molecule has 0 amide bonds. The fourth-order valence-electron chi connectivity index (χ4n) is 1.26. The first-order valence-corrected chi connectivity index (χ1v) is 7.94. The molecule has 2 N–H and O–H groups in total. The molecular weight excluding hydrogens is 471 g/mol. The van der Waals surface area contributed by atoms with Crippen LogP contribution in [0.15, 0.2) is 23.1 Å². The fraction of sp³-hybridized carbons (Fsp3) is 0.400. The summed E-state index contributed by atoms with van der Waals surface area (Å²) in [6.45, 7) is 0. The van der Waals surface area contributed by atoms with Crippen molar-refractivity contribution in [3.8, 4) is 11.5 Å². The molecule has 0 aromatic heterocycles. The Morgan fingerprint density at radius 3 is 1.67 bits per heavy atom. The summed E-state index contributed by atoms with van der Waals surface area (Å²) in [4.78, 5) is -1.03. The van der Waals surface area contributed by atoms with Crippen molar-refractivity contribution in [2.45, 2.75) is 27.6 Å². The molecule has 0 spiro atoms. The number of aromatic hydroxyl groups is 2. The topological polar surface area (TPSA) is 107 Å². The van der Waals surface area contributed by atoms with E-state index in [2.05, 4.69) is 0 Å². The summed E-state index contributed by atoms with van der Waals surface area (Å²) in [5, 5.41) is 5.52. The van der Waals surface area contributed by atoms with Crippen LogP contribution in [0.2, 0.25) is 0 Å². The maximum Gasteiger partial charge on any atom is 1.00 e. The minimum absolute atomic E-state index is 0. The molecule has 150 valence electrons. The van der Waals surface area contributed by atoms with Crippen molar-refractivity contribution in [2.75, 3.05) is 0 Å². The smallest absolute Gasteiger partial charge is 0.743 e. The van der Waals surface area contributed by atoms with Crippen molar-refractivity contribution in [3.63, 3.8) is 0 Å². The zero-order valence-corrected chi connectivity index (χ0v) is 17.4. The number of halogens is 8. The van der Waals surface area contributed by atoms with Gasteiger partial charge in [-0.25, -0.2) is 13.2 Å². The third-order valence-electron chi connectivity index (χ3n) is 2.37. The molecule has 0 aliphatic carbocycles. The molecule has 0 aliphatic rings. The number of benzene rings is 1. The number of hydrogen-bond donors (Lipinski definition) is 2. The van der Waals surface area contributed by atoms with Crippen LogP contribution in [0.3, 0.4) is 0 Å². The van der Waals surface area contributed by atoms with Gasteiger partial charge in [-0.2, -0.15) is 35.1 Å². The summed E-state index contributed by atoms with van der Waals surface area (Å²) in [7, 11) is -7.26. The van der Waals surface area contributed by atoms with Crippen molar-refractivity contribution < 1.29 is 114 Å². The number of ether oxygens (including phenoxy) is 1. The standard InChI is InChI=1S/C10H6F8O6S2.K/c11-7(12,24-8(13,14)10(17,18)26(21,22)23)9(15,16)25-6-2-4(19)1-5(20)3-6;/h1-3,19-20H,(H,21,22,23);/q;+1/p-1. The van der Waals surface area contributed by atoms with Crippen molar-refractivity contribution in [2.24, 2.45) is 0 Å². The van der Waals surface area contributed by atoms with Crippen LogP contribution in [0.5, 0.6) is 11.5 Å². The van der Waals surface area contributed by atoms with Gasteiger partial charge in [0.15, 0.2) is 10.1 Å². The second-order valence-electron chi connectivity index (χ2n) is 4.41. The molecule has 17 heteroatoms. The second kappa shape index (κ2) is 8.46. The van der Waals surface area contributed by atoms with E-state index in [1.807, 2.05) is 4.74 Å².